The molecule has 3 nitrogen and oxygen atoms in total. The van der Waals surface area contributed by atoms with Crippen molar-refractivity contribution in [1.82, 2.24) is 0 Å². The molecule has 2 N–H and O–H groups in total. The van der Waals surface area contributed by atoms with Crippen molar-refractivity contribution in [2.45, 2.75) is 13.3 Å². The van der Waals surface area contributed by atoms with E-state index in [1.807, 2.05) is 37.3 Å². The van der Waals surface area contributed by atoms with Crippen LogP contribution in [0, 0.1) is 0 Å². The van der Waals surface area contributed by atoms with E-state index in [0.717, 1.165) is 0 Å². The van der Waals surface area contributed by atoms with Crippen LogP contribution >= 0.6 is 0 Å². The second kappa shape index (κ2) is 4.78. The van der Waals surface area contributed by atoms with Crippen LogP contribution in [-0.4, -0.2) is 10.2 Å². The topological polar surface area (TPSA) is 49.7 Å². The predicted octanol–water partition coefficient (Wildman–Crippen LogP) is 3.45. The van der Waals surface area contributed by atoms with Crippen molar-refractivity contribution in [1.29, 1.82) is 0 Å². The van der Waals surface area contributed by atoms with Crippen molar-refractivity contribution in [2.75, 3.05) is 0 Å². The molecule has 0 unspecified atom stereocenters. The van der Waals surface area contributed by atoms with E-state index in [-0.39, 0.29) is 11.5 Å². The summed E-state index contributed by atoms with van der Waals surface area (Å²) in [6.07, 6.45) is 0.586. The summed E-state index contributed by atoms with van der Waals surface area (Å²) in [7, 11) is 0. The monoisotopic (exact) mass is 230 g/mol. The molecule has 17 heavy (non-hydrogen) atoms. The number of para-hydroxylation sites is 1. The Labute approximate surface area is 99.9 Å². The number of hydrogen-bond donors (Lipinski definition) is 2. The Balaban J connectivity index is 2.37. The number of ether oxygens (including phenoxy) is 1. The van der Waals surface area contributed by atoms with Crippen LogP contribution in [0.4, 0.5) is 0 Å². The first kappa shape index (κ1) is 11.3. The van der Waals surface area contributed by atoms with Crippen LogP contribution in [0.2, 0.25) is 0 Å². The molecular weight excluding hydrogens is 216 g/mol. The van der Waals surface area contributed by atoms with Gasteiger partial charge in [0.25, 0.3) is 0 Å². The van der Waals surface area contributed by atoms with Crippen LogP contribution < -0.4 is 4.74 Å². The largest absolute Gasteiger partial charge is 0.504 e. The highest BCUT2D eigenvalue weighted by Crippen LogP contribution is 2.37. The Kier molecular flexibility index (Phi) is 3.19. The number of hydrogen-bond acceptors (Lipinski definition) is 3. The summed E-state index contributed by atoms with van der Waals surface area (Å²) in [5.74, 6) is 1.03. The molecule has 0 fully saturated rings. The maximum absolute atomic E-state index is 9.73. The van der Waals surface area contributed by atoms with Gasteiger partial charge in [-0.15, -0.1) is 0 Å². The minimum atomic E-state index is -0.123. The number of aromatic hydroxyl groups is 2. The molecule has 0 bridgehead atoms. The smallest absolute Gasteiger partial charge is 0.164 e. The molecule has 2 aromatic carbocycles. The van der Waals surface area contributed by atoms with Gasteiger partial charge in [-0.2, -0.15) is 0 Å². The molecule has 0 heterocycles. The average Bonchev–Trinajstić information content (AvgIpc) is 2.36. The highest BCUT2D eigenvalue weighted by molar-refractivity contribution is 5.53. The van der Waals surface area contributed by atoms with Gasteiger partial charge in [-0.3, -0.25) is 0 Å². The van der Waals surface area contributed by atoms with Crippen molar-refractivity contribution in [3.8, 4) is 23.0 Å². The Morgan fingerprint density at radius 3 is 2.35 bits per heavy atom. The molecule has 0 saturated heterocycles. The van der Waals surface area contributed by atoms with E-state index in [1.165, 1.54) is 6.07 Å². The summed E-state index contributed by atoms with van der Waals surface area (Å²) in [6, 6.07) is 12.4. The Morgan fingerprint density at radius 2 is 1.71 bits per heavy atom. The number of phenolic OH excluding ortho intramolecular Hbond substituents is 2. The molecule has 0 aliphatic rings. The van der Waals surface area contributed by atoms with Gasteiger partial charge in [0.15, 0.2) is 11.5 Å². The first-order chi connectivity index (χ1) is 8.22. The molecule has 2 rings (SSSR count). The van der Waals surface area contributed by atoms with Gasteiger partial charge >= 0.3 is 0 Å². The fraction of sp³-hybridized carbons (Fsp3) is 0.143. The fourth-order valence-electron chi connectivity index (χ4n) is 1.66. The van der Waals surface area contributed by atoms with Gasteiger partial charge in [-0.1, -0.05) is 25.1 Å². The summed E-state index contributed by atoms with van der Waals surface area (Å²) >= 11 is 0. The first-order valence-electron chi connectivity index (χ1n) is 5.49. The molecule has 0 radical (unpaired) electrons. The van der Waals surface area contributed by atoms with Crippen molar-refractivity contribution in [3.05, 3.63) is 48.0 Å². The van der Waals surface area contributed by atoms with Crippen LogP contribution in [-0.2, 0) is 6.42 Å². The molecular formula is C14H14O3. The van der Waals surface area contributed by atoms with E-state index in [1.54, 1.807) is 6.07 Å². The number of benzene rings is 2. The van der Waals surface area contributed by atoms with Crippen LogP contribution in [0.1, 0.15) is 12.5 Å². The standard InChI is InChI=1S/C14H14O3/c1-2-11-13(9-8-12(15)14(11)16)17-10-6-4-3-5-7-10/h3-9,15-16H,2H2,1H3. The lowest BCUT2D eigenvalue weighted by Gasteiger charge is -2.12. The van der Waals surface area contributed by atoms with Crippen LogP contribution in [0.5, 0.6) is 23.0 Å². The molecule has 0 aromatic heterocycles. The van der Waals surface area contributed by atoms with Crippen molar-refractivity contribution in [2.24, 2.45) is 0 Å². The summed E-state index contributed by atoms with van der Waals surface area (Å²) < 4.78 is 5.67. The third-order valence-corrected chi connectivity index (χ3v) is 2.54. The Bertz CT molecular complexity index is 506. The van der Waals surface area contributed by atoms with Gasteiger partial charge in [-0.05, 0) is 30.7 Å². The highest BCUT2D eigenvalue weighted by Gasteiger charge is 2.12. The quantitative estimate of drug-likeness (QED) is 0.794. The van der Waals surface area contributed by atoms with Crippen LogP contribution in [0.25, 0.3) is 0 Å². The lowest BCUT2D eigenvalue weighted by molar-refractivity contribution is 0.392. The minimum Gasteiger partial charge on any atom is -0.504 e. The molecule has 0 spiro atoms. The molecule has 0 saturated carbocycles. The van der Waals surface area contributed by atoms with E-state index < -0.39 is 0 Å². The maximum Gasteiger partial charge on any atom is 0.164 e. The van der Waals surface area contributed by atoms with E-state index in [0.29, 0.717) is 23.5 Å². The molecule has 0 aliphatic carbocycles. The number of phenols is 2. The summed E-state index contributed by atoms with van der Waals surface area (Å²) in [4.78, 5) is 0. The zero-order valence-electron chi connectivity index (χ0n) is 9.55. The zero-order chi connectivity index (χ0) is 12.3. The normalized spacial score (nSPS) is 10.2. The van der Waals surface area contributed by atoms with Crippen LogP contribution in [0.15, 0.2) is 42.5 Å². The molecule has 0 atom stereocenters. The third kappa shape index (κ3) is 2.33. The lowest BCUT2D eigenvalue weighted by Crippen LogP contribution is -1.91. The second-order valence-corrected chi connectivity index (χ2v) is 3.68. The van der Waals surface area contributed by atoms with Gasteiger partial charge in [-0.25, -0.2) is 0 Å². The van der Waals surface area contributed by atoms with E-state index in [2.05, 4.69) is 0 Å². The predicted molar refractivity (Wildman–Crippen MR) is 65.7 cm³/mol. The van der Waals surface area contributed by atoms with Gasteiger partial charge in [0.1, 0.15) is 11.5 Å². The van der Waals surface area contributed by atoms with E-state index in [4.69, 9.17) is 4.74 Å². The molecule has 0 aliphatic heterocycles. The molecule has 88 valence electrons. The molecule has 3 heteroatoms. The minimum absolute atomic E-state index is 0.110. The third-order valence-electron chi connectivity index (χ3n) is 2.54. The van der Waals surface area contributed by atoms with Crippen molar-refractivity contribution >= 4 is 0 Å². The summed E-state index contributed by atoms with van der Waals surface area (Å²) in [5, 5.41) is 19.1. The SMILES string of the molecule is CCc1c(Oc2ccccc2)ccc(O)c1O. The summed E-state index contributed by atoms with van der Waals surface area (Å²) in [5.41, 5.74) is 0.605. The van der Waals surface area contributed by atoms with E-state index >= 15 is 0 Å². The highest BCUT2D eigenvalue weighted by atomic mass is 16.5. The summed E-state index contributed by atoms with van der Waals surface area (Å²) in [6.45, 7) is 1.90. The maximum atomic E-state index is 9.73. The van der Waals surface area contributed by atoms with Crippen molar-refractivity contribution in [3.63, 3.8) is 0 Å². The molecule has 2 aromatic rings. The molecule has 0 amide bonds. The lowest BCUT2D eigenvalue weighted by atomic mass is 10.1. The Hall–Kier alpha value is -2.16. The Morgan fingerprint density at radius 1 is 1.00 bits per heavy atom. The zero-order valence-corrected chi connectivity index (χ0v) is 9.55. The van der Waals surface area contributed by atoms with Gasteiger partial charge in [0.2, 0.25) is 0 Å². The van der Waals surface area contributed by atoms with E-state index in [9.17, 15) is 10.2 Å². The van der Waals surface area contributed by atoms with Gasteiger partial charge in [0, 0.05) is 5.56 Å². The van der Waals surface area contributed by atoms with Crippen LogP contribution in [0.3, 0.4) is 0 Å². The average molecular weight is 230 g/mol. The van der Waals surface area contributed by atoms with Gasteiger partial charge in [0.05, 0.1) is 0 Å². The first-order valence-corrected chi connectivity index (χ1v) is 5.49. The fourth-order valence-corrected chi connectivity index (χ4v) is 1.66. The van der Waals surface area contributed by atoms with Gasteiger partial charge < -0.3 is 14.9 Å². The second-order valence-electron chi connectivity index (χ2n) is 3.68. The number of rotatable bonds is 3. The van der Waals surface area contributed by atoms with Crippen molar-refractivity contribution < 1.29 is 14.9 Å².